The Kier molecular flexibility index (Phi) is 5.18. The van der Waals surface area contributed by atoms with Gasteiger partial charge in [0.1, 0.15) is 17.2 Å². The third-order valence-corrected chi connectivity index (χ3v) is 4.32. The van der Waals surface area contributed by atoms with Crippen molar-refractivity contribution in [1.82, 2.24) is 4.31 Å². The summed E-state index contributed by atoms with van der Waals surface area (Å²) in [4.78, 5) is 9.90. The molecule has 1 N–H and O–H groups in total. The summed E-state index contributed by atoms with van der Waals surface area (Å²) in [6.07, 6.45) is -5.06. The van der Waals surface area contributed by atoms with E-state index in [1.54, 1.807) is 0 Å². The molecule has 1 rings (SSSR count). The lowest BCUT2D eigenvalue weighted by atomic mass is 10.3. The molecular weight excluding hydrogens is 315 g/mol. The zero-order chi connectivity index (χ0) is 16.3. The van der Waals surface area contributed by atoms with Gasteiger partial charge >= 0.3 is 12.3 Å². The number of aliphatic carboxylic acids is 1. The van der Waals surface area contributed by atoms with E-state index >= 15 is 0 Å². The minimum absolute atomic E-state index is 0.213. The molecule has 0 heterocycles. The molecule has 0 bridgehead atoms. The van der Waals surface area contributed by atoms with E-state index < -0.39 is 39.5 Å². The minimum Gasteiger partial charge on any atom is -0.480 e. The van der Waals surface area contributed by atoms with Crippen LogP contribution < -0.4 is 4.74 Å². The van der Waals surface area contributed by atoms with Crippen molar-refractivity contribution in [2.45, 2.75) is 18.2 Å². The van der Waals surface area contributed by atoms with Crippen LogP contribution in [-0.4, -0.2) is 43.3 Å². The Morgan fingerprint density at radius 2 is 1.90 bits per heavy atom. The number of para-hydroxylation sites is 1. The van der Waals surface area contributed by atoms with Crippen molar-refractivity contribution in [2.75, 3.05) is 13.1 Å². The number of benzene rings is 1. The number of sulfonamides is 1. The number of hydrogen-bond donors (Lipinski definition) is 1. The maximum atomic E-state index is 12.3. The standard InChI is InChI=1S/C11H12F3NO5S/c1-2-15(7-10(16)17)21(18,19)9-6-4-3-5-8(9)20-11(12,13)14/h3-6H,2,7H2,1H3,(H,16,17). The molecule has 0 spiro atoms. The number of alkyl halides is 3. The molecule has 6 nitrogen and oxygen atoms in total. The molecule has 0 saturated carbocycles. The summed E-state index contributed by atoms with van der Waals surface area (Å²) in [6, 6.07) is 4.15. The monoisotopic (exact) mass is 327 g/mol. The smallest absolute Gasteiger partial charge is 0.480 e. The maximum Gasteiger partial charge on any atom is 0.573 e. The zero-order valence-corrected chi connectivity index (χ0v) is 11.6. The highest BCUT2D eigenvalue weighted by Gasteiger charge is 2.35. The van der Waals surface area contributed by atoms with Crippen molar-refractivity contribution < 1.29 is 36.2 Å². The number of carbonyl (C=O) groups is 1. The summed E-state index contributed by atoms with van der Waals surface area (Å²) >= 11 is 0. The summed E-state index contributed by atoms with van der Waals surface area (Å²) in [5.41, 5.74) is 0. The van der Waals surface area contributed by atoms with Gasteiger partial charge in [-0.05, 0) is 12.1 Å². The molecule has 118 valence electrons. The van der Waals surface area contributed by atoms with E-state index in [2.05, 4.69) is 4.74 Å². The Hall–Kier alpha value is -1.81. The number of carboxylic acid groups (broad SMARTS) is 1. The fourth-order valence-electron chi connectivity index (χ4n) is 1.53. The average molecular weight is 327 g/mol. The van der Waals surface area contributed by atoms with E-state index in [9.17, 15) is 26.4 Å². The van der Waals surface area contributed by atoms with Gasteiger partial charge in [0.2, 0.25) is 10.0 Å². The predicted octanol–water partition coefficient (Wildman–Crippen LogP) is 1.68. The summed E-state index contributed by atoms with van der Waals surface area (Å²) in [5, 5.41) is 8.66. The molecule has 0 unspecified atom stereocenters. The number of carboxylic acids is 1. The molecule has 1 aromatic carbocycles. The van der Waals surface area contributed by atoms with E-state index in [-0.39, 0.29) is 6.54 Å². The molecule has 0 fully saturated rings. The van der Waals surface area contributed by atoms with Crippen LogP contribution in [0.1, 0.15) is 6.92 Å². The van der Waals surface area contributed by atoms with Gasteiger partial charge in [0.05, 0.1) is 0 Å². The first-order valence-corrected chi connectivity index (χ1v) is 7.08. The van der Waals surface area contributed by atoms with Crippen molar-refractivity contribution in [3.63, 3.8) is 0 Å². The topological polar surface area (TPSA) is 83.9 Å². The summed E-state index contributed by atoms with van der Waals surface area (Å²) < 4.78 is 65.5. The Morgan fingerprint density at radius 3 is 2.38 bits per heavy atom. The van der Waals surface area contributed by atoms with Gasteiger partial charge in [-0.1, -0.05) is 19.1 Å². The zero-order valence-electron chi connectivity index (χ0n) is 10.8. The van der Waals surface area contributed by atoms with Gasteiger partial charge < -0.3 is 9.84 Å². The van der Waals surface area contributed by atoms with Gasteiger partial charge in [0, 0.05) is 6.54 Å². The first-order valence-electron chi connectivity index (χ1n) is 5.64. The molecule has 0 atom stereocenters. The van der Waals surface area contributed by atoms with Gasteiger partial charge in [0.25, 0.3) is 0 Å². The normalized spacial score (nSPS) is 12.4. The highest BCUT2D eigenvalue weighted by Crippen LogP contribution is 2.31. The van der Waals surface area contributed by atoms with Crippen LogP contribution in [0.4, 0.5) is 13.2 Å². The second kappa shape index (κ2) is 6.31. The molecule has 0 saturated heterocycles. The second-order valence-electron chi connectivity index (χ2n) is 3.82. The number of hydrogen-bond acceptors (Lipinski definition) is 4. The van der Waals surface area contributed by atoms with E-state index in [0.717, 1.165) is 12.1 Å². The van der Waals surface area contributed by atoms with E-state index in [1.807, 2.05) is 0 Å². The Labute approximate surface area is 118 Å². The predicted molar refractivity (Wildman–Crippen MR) is 65.2 cm³/mol. The van der Waals surface area contributed by atoms with Gasteiger partial charge in [0.15, 0.2) is 0 Å². The lowest BCUT2D eigenvalue weighted by Crippen LogP contribution is -2.36. The molecular formula is C11H12F3NO5S. The van der Waals surface area contributed by atoms with Crippen molar-refractivity contribution in [2.24, 2.45) is 0 Å². The van der Waals surface area contributed by atoms with Gasteiger partial charge in [-0.2, -0.15) is 4.31 Å². The lowest BCUT2D eigenvalue weighted by Gasteiger charge is -2.20. The molecule has 0 aliphatic heterocycles. The average Bonchev–Trinajstić information content (AvgIpc) is 2.34. The Morgan fingerprint density at radius 1 is 1.33 bits per heavy atom. The molecule has 0 radical (unpaired) electrons. The van der Waals surface area contributed by atoms with Crippen molar-refractivity contribution in [3.8, 4) is 5.75 Å². The number of likely N-dealkylation sites (N-methyl/N-ethyl adjacent to an activating group) is 1. The lowest BCUT2D eigenvalue weighted by molar-refractivity contribution is -0.275. The highest BCUT2D eigenvalue weighted by molar-refractivity contribution is 7.89. The Balaban J connectivity index is 3.28. The van der Waals surface area contributed by atoms with Crippen LogP contribution in [0, 0.1) is 0 Å². The molecule has 0 aliphatic rings. The van der Waals surface area contributed by atoms with Gasteiger partial charge in [-0.3, -0.25) is 4.79 Å². The van der Waals surface area contributed by atoms with Crippen LogP contribution in [0.25, 0.3) is 0 Å². The van der Waals surface area contributed by atoms with E-state index in [4.69, 9.17) is 5.11 Å². The summed E-state index contributed by atoms with van der Waals surface area (Å²) in [6.45, 7) is 0.294. The molecule has 1 aromatic rings. The van der Waals surface area contributed by atoms with E-state index in [0.29, 0.717) is 4.31 Å². The van der Waals surface area contributed by atoms with Crippen LogP contribution in [0.5, 0.6) is 5.75 Å². The SMILES string of the molecule is CCN(CC(=O)O)S(=O)(=O)c1ccccc1OC(F)(F)F. The summed E-state index contributed by atoms with van der Waals surface area (Å²) in [5.74, 6) is -2.33. The highest BCUT2D eigenvalue weighted by atomic mass is 32.2. The van der Waals surface area contributed by atoms with Gasteiger partial charge in [-0.25, -0.2) is 8.42 Å². The van der Waals surface area contributed by atoms with E-state index in [1.165, 1.54) is 19.1 Å². The van der Waals surface area contributed by atoms with Crippen LogP contribution >= 0.6 is 0 Å². The first kappa shape index (κ1) is 17.2. The number of halogens is 3. The first-order chi connectivity index (χ1) is 9.58. The number of nitrogens with zero attached hydrogens (tertiary/aromatic N) is 1. The quantitative estimate of drug-likeness (QED) is 0.859. The summed E-state index contributed by atoms with van der Waals surface area (Å²) in [7, 11) is -4.42. The number of rotatable bonds is 6. The molecule has 10 heteroatoms. The minimum atomic E-state index is -5.06. The second-order valence-corrected chi connectivity index (χ2v) is 5.73. The van der Waals surface area contributed by atoms with Crippen LogP contribution in [0.15, 0.2) is 29.2 Å². The van der Waals surface area contributed by atoms with Crippen molar-refractivity contribution in [1.29, 1.82) is 0 Å². The number of ether oxygens (including phenoxy) is 1. The fourth-order valence-corrected chi connectivity index (χ4v) is 3.04. The molecule has 21 heavy (non-hydrogen) atoms. The maximum absolute atomic E-state index is 12.3. The molecule has 0 amide bonds. The van der Waals surface area contributed by atoms with Crippen LogP contribution in [-0.2, 0) is 14.8 Å². The van der Waals surface area contributed by atoms with Crippen LogP contribution in [0.3, 0.4) is 0 Å². The van der Waals surface area contributed by atoms with Crippen LogP contribution in [0.2, 0.25) is 0 Å². The largest absolute Gasteiger partial charge is 0.573 e. The molecule has 0 aromatic heterocycles. The van der Waals surface area contributed by atoms with Crippen molar-refractivity contribution in [3.05, 3.63) is 24.3 Å². The van der Waals surface area contributed by atoms with Gasteiger partial charge in [-0.15, -0.1) is 13.2 Å². The molecule has 0 aliphatic carbocycles. The third-order valence-electron chi connectivity index (χ3n) is 2.36. The third kappa shape index (κ3) is 4.60. The van der Waals surface area contributed by atoms with Crippen molar-refractivity contribution >= 4 is 16.0 Å². The Bertz CT molecular complexity index is 615. The fraction of sp³-hybridized carbons (Fsp3) is 0.364.